The number of nitro groups is 1. The van der Waals surface area contributed by atoms with Crippen molar-refractivity contribution in [2.45, 2.75) is 18.7 Å². The second-order valence-corrected chi connectivity index (χ2v) is 3.69. The number of nitro benzene ring substituents is 1. The first-order chi connectivity index (χ1) is 9.46. The van der Waals surface area contributed by atoms with Crippen molar-refractivity contribution in [3.05, 3.63) is 39.7 Å². The van der Waals surface area contributed by atoms with Crippen LogP contribution < -0.4 is 0 Å². The van der Waals surface area contributed by atoms with Gasteiger partial charge >= 0.3 is 23.8 Å². The molecule has 0 saturated carbocycles. The summed E-state index contributed by atoms with van der Waals surface area (Å²) >= 11 is 0. The molecule has 0 aromatic heterocycles. The van der Waals surface area contributed by atoms with Crippen molar-refractivity contribution < 1.29 is 40.8 Å². The molecule has 1 rings (SSSR count). The van der Waals surface area contributed by atoms with Gasteiger partial charge in [0.05, 0.1) is 4.92 Å². The number of halogens is 6. The van der Waals surface area contributed by atoms with E-state index in [0.29, 0.717) is 12.1 Å². The monoisotopic (exact) mass is 317 g/mol. The standard InChI is InChI=1S/C10H5F6NO4/c11-6-2-1-5(3-7(6)17(19)20)4-21-8(18)9(12,13)10(14,15)16/h1-3H,4H2. The van der Waals surface area contributed by atoms with Gasteiger partial charge in [0, 0.05) is 6.07 Å². The van der Waals surface area contributed by atoms with E-state index in [9.17, 15) is 41.3 Å². The van der Waals surface area contributed by atoms with Gasteiger partial charge in [-0.15, -0.1) is 0 Å². The number of benzene rings is 1. The molecule has 0 N–H and O–H groups in total. The summed E-state index contributed by atoms with van der Waals surface area (Å²) in [5.41, 5.74) is -1.36. The van der Waals surface area contributed by atoms with Gasteiger partial charge in [0.2, 0.25) is 5.82 Å². The first kappa shape index (κ1) is 16.7. The molecule has 0 atom stereocenters. The minimum absolute atomic E-state index is 0.325. The molecule has 0 fully saturated rings. The molecule has 0 bridgehead atoms. The topological polar surface area (TPSA) is 69.4 Å². The maximum Gasteiger partial charge on any atom is 0.465 e. The number of hydrogen-bond acceptors (Lipinski definition) is 4. The summed E-state index contributed by atoms with van der Waals surface area (Å²) in [4.78, 5) is 19.9. The molecule has 0 spiro atoms. The quantitative estimate of drug-likeness (QED) is 0.370. The fraction of sp³-hybridized carbons (Fsp3) is 0.300. The first-order valence-corrected chi connectivity index (χ1v) is 5.01. The van der Waals surface area contributed by atoms with Crippen LogP contribution in [0.15, 0.2) is 18.2 Å². The number of rotatable bonds is 4. The number of nitrogens with zero attached hydrogens (tertiary/aromatic N) is 1. The molecule has 0 unspecified atom stereocenters. The van der Waals surface area contributed by atoms with E-state index in [1.807, 2.05) is 0 Å². The van der Waals surface area contributed by atoms with E-state index in [1.165, 1.54) is 0 Å². The lowest BCUT2D eigenvalue weighted by Gasteiger charge is -2.17. The lowest BCUT2D eigenvalue weighted by atomic mass is 10.2. The molecule has 1 aromatic rings. The average molecular weight is 317 g/mol. The van der Waals surface area contributed by atoms with Gasteiger partial charge in [-0.1, -0.05) is 6.07 Å². The van der Waals surface area contributed by atoms with Crippen molar-refractivity contribution in [2.75, 3.05) is 0 Å². The summed E-state index contributed by atoms with van der Waals surface area (Å²) in [5.74, 6) is -9.81. The zero-order valence-corrected chi connectivity index (χ0v) is 9.79. The van der Waals surface area contributed by atoms with Crippen LogP contribution in [0.2, 0.25) is 0 Å². The SMILES string of the molecule is O=C(OCc1ccc(F)c([N+](=O)[O-])c1)C(F)(F)C(F)(F)F. The van der Waals surface area contributed by atoms with Crippen LogP contribution in [-0.4, -0.2) is 23.0 Å². The van der Waals surface area contributed by atoms with Crippen LogP contribution in [0.5, 0.6) is 0 Å². The molecular weight excluding hydrogens is 312 g/mol. The maximum absolute atomic E-state index is 12.9. The molecule has 0 amide bonds. The number of alkyl halides is 5. The van der Waals surface area contributed by atoms with Gasteiger partial charge < -0.3 is 4.74 Å². The summed E-state index contributed by atoms with van der Waals surface area (Å²) in [7, 11) is 0. The van der Waals surface area contributed by atoms with E-state index in [0.717, 1.165) is 6.07 Å². The van der Waals surface area contributed by atoms with E-state index in [4.69, 9.17) is 0 Å². The fourth-order valence-electron chi connectivity index (χ4n) is 1.14. The normalized spacial score (nSPS) is 12.1. The van der Waals surface area contributed by atoms with Crippen LogP contribution in [0.3, 0.4) is 0 Å². The molecule has 0 radical (unpaired) electrons. The van der Waals surface area contributed by atoms with Crippen molar-refractivity contribution in [2.24, 2.45) is 0 Å². The Morgan fingerprint density at radius 1 is 1.24 bits per heavy atom. The van der Waals surface area contributed by atoms with Crippen LogP contribution in [-0.2, 0) is 16.1 Å². The van der Waals surface area contributed by atoms with E-state index < -0.39 is 41.1 Å². The minimum atomic E-state index is -6.13. The zero-order valence-electron chi connectivity index (χ0n) is 9.79. The highest BCUT2D eigenvalue weighted by molar-refractivity contribution is 5.78. The van der Waals surface area contributed by atoms with Crippen LogP contribution in [0.1, 0.15) is 5.56 Å². The van der Waals surface area contributed by atoms with Gasteiger partial charge in [-0.05, 0) is 11.6 Å². The summed E-state index contributed by atoms with van der Waals surface area (Å²) in [6, 6.07) is 1.97. The average Bonchev–Trinajstić information content (AvgIpc) is 2.35. The summed E-state index contributed by atoms with van der Waals surface area (Å²) in [6.45, 7) is -1.11. The predicted molar refractivity (Wildman–Crippen MR) is 53.9 cm³/mol. The van der Waals surface area contributed by atoms with E-state index >= 15 is 0 Å². The van der Waals surface area contributed by atoms with Gasteiger partial charge in [0.1, 0.15) is 6.61 Å². The molecule has 0 aliphatic carbocycles. The van der Waals surface area contributed by atoms with Crippen molar-refractivity contribution in [1.82, 2.24) is 0 Å². The Bertz CT molecular complexity index is 571. The molecule has 116 valence electrons. The Balaban J connectivity index is 2.83. The second kappa shape index (κ2) is 5.58. The van der Waals surface area contributed by atoms with Crippen LogP contribution in [0.4, 0.5) is 32.0 Å². The first-order valence-electron chi connectivity index (χ1n) is 5.01. The van der Waals surface area contributed by atoms with Gasteiger partial charge in [0.15, 0.2) is 0 Å². The molecule has 0 aliphatic rings. The molecule has 0 aliphatic heterocycles. The van der Waals surface area contributed by atoms with Crippen molar-refractivity contribution in [1.29, 1.82) is 0 Å². The molecule has 0 heterocycles. The fourth-order valence-corrected chi connectivity index (χ4v) is 1.14. The molecule has 11 heteroatoms. The smallest absolute Gasteiger partial charge is 0.456 e. The molecule has 0 saturated heterocycles. The van der Waals surface area contributed by atoms with Crippen molar-refractivity contribution in [3.8, 4) is 0 Å². The highest BCUT2D eigenvalue weighted by Crippen LogP contribution is 2.36. The highest BCUT2D eigenvalue weighted by atomic mass is 19.4. The Morgan fingerprint density at radius 2 is 1.81 bits per heavy atom. The largest absolute Gasteiger partial charge is 0.465 e. The van der Waals surface area contributed by atoms with Crippen LogP contribution in [0.25, 0.3) is 0 Å². The Labute approximate surface area is 112 Å². The Morgan fingerprint density at radius 3 is 2.29 bits per heavy atom. The van der Waals surface area contributed by atoms with Gasteiger partial charge in [-0.2, -0.15) is 26.3 Å². The number of ether oxygens (including phenoxy) is 1. The van der Waals surface area contributed by atoms with Crippen LogP contribution >= 0.6 is 0 Å². The van der Waals surface area contributed by atoms with E-state index in [1.54, 1.807) is 0 Å². The van der Waals surface area contributed by atoms with Gasteiger partial charge in [0.25, 0.3) is 0 Å². The predicted octanol–water partition coefficient (Wildman–Crippen LogP) is 2.97. The van der Waals surface area contributed by atoms with Gasteiger partial charge in [-0.3, -0.25) is 10.1 Å². The number of hydrogen-bond donors (Lipinski definition) is 0. The number of esters is 1. The lowest BCUT2D eigenvalue weighted by molar-refractivity contribution is -0.387. The third kappa shape index (κ3) is 3.61. The number of carbonyl (C=O) groups excluding carboxylic acids is 1. The van der Waals surface area contributed by atoms with Crippen LogP contribution in [0, 0.1) is 15.9 Å². The summed E-state index contributed by atoms with van der Waals surface area (Å²) in [5, 5.41) is 10.4. The third-order valence-corrected chi connectivity index (χ3v) is 2.19. The van der Waals surface area contributed by atoms with Crippen molar-refractivity contribution in [3.63, 3.8) is 0 Å². The third-order valence-electron chi connectivity index (χ3n) is 2.19. The van der Waals surface area contributed by atoms with E-state index in [-0.39, 0.29) is 5.56 Å². The second-order valence-electron chi connectivity index (χ2n) is 3.69. The highest BCUT2D eigenvalue weighted by Gasteiger charge is 2.64. The Hall–Kier alpha value is -2.33. The molecule has 5 nitrogen and oxygen atoms in total. The number of carbonyl (C=O) groups is 1. The molecular formula is C10H5F6NO4. The zero-order chi connectivity index (χ0) is 16.4. The van der Waals surface area contributed by atoms with E-state index in [2.05, 4.69) is 4.74 Å². The Kier molecular flexibility index (Phi) is 4.44. The molecule has 1 aromatic carbocycles. The molecule has 21 heavy (non-hydrogen) atoms. The van der Waals surface area contributed by atoms with Crippen molar-refractivity contribution >= 4 is 11.7 Å². The summed E-state index contributed by atoms with van der Waals surface area (Å²) < 4.78 is 77.3. The van der Waals surface area contributed by atoms with Gasteiger partial charge in [-0.25, -0.2) is 4.79 Å². The maximum atomic E-state index is 12.9. The minimum Gasteiger partial charge on any atom is -0.456 e. The lowest BCUT2D eigenvalue weighted by Crippen LogP contribution is -2.45. The summed E-state index contributed by atoms with van der Waals surface area (Å²) in [6.07, 6.45) is -6.13.